The van der Waals surface area contributed by atoms with Crippen LogP contribution in [0.15, 0.2) is 42.5 Å². The second-order valence-electron chi connectivity index (χ2n) is 5.66. The summed E-state index contributed by atoms with van der Waals surface area (Å²) in [5.74, 6) is 0.989. The van der Waals surface area contributed by atoms with E-state index < -0.39 is 0 Å². The average Bonchev–Trinajstić information content (AvgIpc) is 2.77. The first-order valence-corrected chi connectivity index (χ1v) is 7.78. The summed E-state index contributed by atoms with van der Waals surface area (Å²) in [6.07, 6.45) is 3.43. The number of fused-ring (bicyclic) bond motifs is 2. The maximum atomic E-state index is 5.88. The first-order chi connectivity index (χ1) is 10.4. The summed E-state index contributed by atoms with van der Waals surface area (Å²) in [6.45, 7) is 2.85. The van der Waals surface area contributed by atoms with Crippen molar-refractivity contribution in [2.45, 2.75) is 19.3 Å². The van der Waals surface area contributed by atoms with Crippen LogP contribution in [-0.2, 0) is 6.42 Å². The van der Waals surface area contributed by atoms with Crippen molar-refractivity contribution in [1.29, 1.82) is 0 Å². The topological polar surface area (TPSA) is 24.5 Å². The molecule has 2 aromatic rings. The van der Waals surface area contributed by atoms with E-state index in [9.17, 15) is 0 Å². The average molecular weight is 280 g/mol. The SMILES string of the molecule is c1ccc2c(c1)OCCCN2c1cccc2c1NCCC2. The van der Waals surface area contributed by atoms with Gasteiger partial charge in [-0.25, -0.2) is 0 Å². The molecule has 2 aliphatic rings. The number of ether oxygens (including phenoxy) is 1. The number of benzene rings is 2. The van der Waals surface area contributed by atoms with E-state index in [1.54, 1.807) is 0 Å². The molecule has 0 aromatic heterocycles. The molecule has 0 aliphatic carbocycles. The molecule has 0 amide bonds. The predicted molar refractivity (Wildman–Crippen MR) is 86.8 cm³/mol. The van der Waals surface area contributed by atoms with Gasteiger partial charge < -0.3 is 15.0 Å². The van der Waals surface area contributed by atoms with Crippen LogP contribution >= 0.6 is 0 Å². The molecule has 3 heteroatoms. The van der Waals surface area contributed by atoms with Crippen LogP contribution in [0.3, 0.4) is 0 Å². The fourth-order valence-corrected chi connectivity index (χ4v) is 3.29. The minimum absolute atomic E-state index is 0.788. The summed E-state index contributed by atoms with van der Waals surface area (Å²) in [6, 6.07) is 15.0. The van der Waals surface area contributed by atoms with Crippen LogP contribution in [0.25, 0.3) is 0 Å². The number of rotatable bonds is 1. The maximum absolute atomic E-state index is 5.88. The largest absolute Gasteiger partial charge is 0.491 e. The van der Waals surface area contributed by atoms with E-state index in [4.69, 9.17) is 4.74 Å². The maximum Gasteiger partial charge on any atom is 0.142 e. The Morgan fingerprint density at radius 3 is 2.86 bits per heavy atom. The molecule has 21 heavy (non-hydrogen) atoms. The molecule has 0 radical (unpaired) electrons. The van der Waals surface area contributed by atoms with Gasteiger partial charge in [0.25, 0.3) is 0 Å². The van der Waals surface area contributed by atoms with Crippen LogP contribution in [0, 0.1) is 0 Å². The fourth-order valence-electron chi connectivity index (χ4n) is 3.29. The Bertz CT molecular complexity index is 653. The normalized spacial score (nSPS) is 17.0. The van der Waals surface area contributed by atoms with Gasteiger partial charge >= 0.3 is 0 Å². The van der Waals surface area contributed by atoms with Crippen molar-refractivity contribution in [1.82, 2.24) is 0 Å². The third-order valence-corrected chi connectivity index (χ3v) is 4.28. The van der Waals surface area contributed by atoms with Crippen LogP contribution in [0.5, 0.6) is 5.75 Å². The molecule has 0 unspecified atom stereocenters. The Labute approximate surface area is 125 Å². The Morgan fingerprint density at radius 1 is 0.952 bits per heavy atom. The molecule has 0 fully saturated rings. The highest BCUT2D eigenvalue weighted by Gasteiger charge is 2.22. The van der Waals surface area contributed by atoms with E-state index in [1.807, 2.05) is 6.07 Å². The Kier molecular flexibility index (Phi) is 3.18. The molecular formula is C18H20N2O. The molecule has 0 atom stereocenters. The Morgan fingerprint density at radius 2 is 1.86 bits per heavy atom. The number of hydrogen-bond acceptors (Lipinski definition) is 3. The van der Waals surface area contributed by atoms with E-state index in [-0.39, 0.29) is 0 Å². The van der Waals surface area contributed by atoms with Crippen molar-refractivity contribution in [2.24, 2.45) is 0 Å². The van der Waals surface area contributed by atoms with Crippen molar-refractivity contribution in [3.63, 3.8) is 0 Å². The number of nitrogens with one attached hydrogen (secondary N) is 1. The van der Waals surface area contributed by atoms with Crippen LogP contribution in [0.4, 0.5) is 17.1 Å². The van der Waals surface area contributed by atoms with Crippen molar-refractivity contribution >= 4 is 17.1 Å². The van der Waals surface area contributed by atoms with Gasteiger partial charge in [-0.1, -0.05) is 24.3 Å². The number of hydrogen-bond donors (Lipinski definition) is 1. The van der Waals surface area contributed by atoms with Gasteiger partial charge in [0.05, 0.1) is 23.7 Å². The van der Waals surface area contributed by atoms with E-state index in [1.165, 1.54) is 35.5 Å². The minimum atomic E-state index is 0.788. The van der Waals surface area contributed by atoms with E-state index >= 15 is 0 Å². The number of para-hydroxylation sites is 3. The summed E-state index contributed by atoms with van der Waals surface area (Å²) in [4.78, 5) is 2.40. The van der Waals surface area contributed by atoms with E-state index in [0.29, 0.717) is 0 Å². The van der Waals surface area contributed by atoms with Gasteiger partial charge in [-0.15, -0.1) is 0 Å². The molecule has 108 valence electrons. The molecular weight excluding hydrogens is 260 g/mol. The lowest BCUT2D eigenvalue weighted by atomic mass is 10.0. The van der Waals surface area contributed by atoms with Gasteiger partial charge in [0, 0.05) is 13.1 Å². The van der Waals surface area contributed by atoms with E-state index in [2.05, 4.69) is 46.6 Å². The molecule has 2 aliphatic heterocycles. The molecule has 0 bridgehead atoms. The standard InChI is InChI=1S/C18H20N2O/c1-2-10-17-15(8-1)20(12-5-13-21-17)16-9-3-6-14-7-4-11-19-18(14)16/h1-3,6,8-10,19H,4-5,7,11-13H2. The highest BCUT2D eigenvalue weighted by atomic mass is 16.5. The summed E-state index contributed by atoms with van der Waals surface area (Å²) in [7, 11) is 0. The lowest BCUT2D eigenvalue weighted by molar-refractivity contribution is 0.322. The quantitative estimate of drug-likeness (QED) is 0.855. The summed E-state index contributed by atoms with van der Waals surface area (Å²) in [5, 5.41) is 3.60. The fraction of sp³-hybridized carbons (Fsp3) is 0.333. The molecule has 0 saturated heterocycles. The van der Waals surface area contributed by atoms with Crippen molar-refractivity contribution in [3.05, 3.63) is 48.0 Å². The zero-order valence-electron chi connectivity index (χ0n) is 12.1. The monoisotopic (exact) mass is 280 g/mol. The lowest BCUT2D eigenvalue weighted by Gasteiger charge is -2.29. The summed E-state index contributed by atoms with van der Waals surface area (Å²) >= 11 is 0. The molecule has 0 saturated carbocycles. The number of nitrogens with zero attached hydrogens (tertiary/aromatic N) is 1. The highest BCUT2D eigenvalue weighted by molar-refractivity contribution is 5.81. The third kappa shape index (κ3) is 2.23. The van der Waals surface area contributed by atoms with Crippen LogP contribution < -0.4 is 15.0 Å². The molecule has 1 N–H and O–H groups in total. The molecule has 0 spiro atoms. The Balaban J connectivity index is 1.83. The summed E-state index contributed by atoms with van der Waals surface area (Å²) < 4.78 is 5.88. The minimum Gasteiger partial charge on any atom is -0.491 e. The second-order valence-corrected chi connectivity index (χ2v) is 5.66. The zero-order chi connectivity index (χ0) is 14.1. The second kappa shape index (κ2) is 5.32. The molecule has 2 heterocycles. The van der Waals surface area contributed by atoms with Gasteiger partial charge in [0.1, 0.15) is 5.75 Å². The van der Waals surface area contributed by atoms with Crippen LogP contribution in [0.2, 0.25) is 0 Å². The number of anilines is 3. The van der Waals surface area contributed by atoms with Crippen LogP contribution in [0.1, 0.15) is 18.4 Å². The van der Waals surface area contributed by atoms with Gasteiger partial charge in [0.2, 0.25) is 0 Å². The zero-order valence-corrected chi connectivity index (χ0v) is 12.1. The summed E-state index contributed by atoms with van der Waals surface area (Å²) in [5.41, 5.74) is 5.20. The smallest absolute Gasteiger partial charge is 0.142 e. The van der Waals surface area contributed by atoms with Crippen molar-refractivity contribution < 1.29 is 4.74 Å². The van der Waals surface area contributed by atoms with Gasteiger partial charge in [-0.05, 0) is 43.0 Å². The highest BCUT2D eigenvalue weighted by Crippen LogP contribution is 2.41. The van der Waals surface area contributed by atoms with Gasteiger partial charge in [-0.3, -0.25) is 0 Å². The number of aryl methyl sites for hydroxylation is 1. The van der Waals surface area contributed by atoms with Gasteiger partial charge in [0.15, 0.2) is 0 Å². The molecule has 3 nitrogen and oxygen atoms in total. The van der Waals surface area contributed by atoms with Crippen molar-refractivity contribution in [3.8, 4) is 5.75 Å². The first kappa shape index (κ1) is 12.6. The lowest BCUT2D eigenvalue weighted by Crippen LogP contribution is -2.21. The van der Waals surface area contributed by atoms with Crippen LogP contribution in [-0.4, -0.2) is 19.7 Å². The first-order valence-electron chi connectivity index (χ1n) is 7.78. The molecule has 2 aromatic carbocycles. The van der Waals surface area contributed by atoms with Gasteiger partial charge in [-0.2, -0.15) is 0 Å². The van der Waals surface area contributed by atoms with E-state index in [0.717, 1.165) is 31.9 Å². The van der Waals surface area contributed by atoms with Crippen molar-refractivity contribution in [2.75, 3.05) is 29.9 Å². The predicted octanol–water partition coefficient (Wildman–Crippen LogP) is 3.97. The molecule has 4 rings (SSSR count). The Hall–Kier alpha value is -2.16. The third-order valence-electron chi connectivity index (χ3n) is 4.28.